The average Bonchev–Trinajstić information content (AvgIpc) is 2.86. The zero-order chi connectivity index (χ0) is 13.7. The second-order valence-electron chi connectivity index (χ2n) is 4.52. The maximum atomic E-state index is 11.9. The number of esters is 1. The van der Waals surface area contributed by atoms with Gasteiger partial charge in [-0.2, -0.15) is 0 Å². The molecule has 0 radical (unpaired) electrons. The molecule has 2 rings (SSSR count). The van der Waals surface area contributed by atoms with E-state index in [1.807, 2.05) is 18.2 Å². The molecule has 0 aliphatic carbocycles. The van der Waals surface area contributed by atoms with E-state index in [9.17, 15) is 9.59 Å². The highest BCUT2D eigenvalue weighted by atomic mass is 16.5. The zero-order valence-electron chi connectivity index (χ0n) is 11.1. The molecule has 1 aliphatic rings. The topological polar surface area (TPSA) is 52.6 Å². The normalized spacial score (nSPS) is 12.7. The number of hydrogen-bond donors (Lipinski definition) is 0. The maximum absolute atomic E-state index is 11.9. The van der Waals surface area contributed by atoms with Crippen LogP contribution in [0.1, 0.15) is 30.9 Å². The van der Waals surface area contributed by atoms with Crippen LogP contribution in [0, 0.1) is 0 Å². The van der Waals surface area contributed by atoms with Gasteiger partial charge >= 0.3 is 5.97 Å². The minimum atomic E-state index is -0.314. The van der Waals surface area contributed by atoms with Gasteiger partial charge in [0.25, 0.3) is 0 Å². The van der Waals surface area contributed by atoms with Crippen molar-refractivity contribution < 1.29 is 19.1 Å². The number of carbonyl (C=O) groups excluding carboxylic acids is 2. The third kappa shape index (κ3) is 3.56. The van der Waals surface area contributed by atoms with Crippen LogP contribution in [0.4, 0.5) is 0 Å². The molecule has 0 saturated carbocycles. The molecule has 0 amide bonds. The van der Waals surface area contributed by atoms with Crippen LogP contribution in [0.25, 0.3) is 0 Å². The van der Waals surface area contributed by atoms with Gasteiger partial charge in [-0.15, -0.1) is 0 Å². The quantitative estimate of drug-likeness (QED) is 0.736. The molecule has 0 N–H and O–H groups in total. The molecule has 0 spiro atoms. The number of fused-ring (bicyclic) bond motifs is 1. The largest absolute Gasteiger partial charge is 0.493 e. The molecular weight excluding hydrogens is 244 g/mol. The van der Waals surface area contributed by atoms with Crippen LogP contribution in [0.5, 0.6) is 5.75 Å². The first-order valence-electron chi connectivity index (χ1n) is 6.61. The number of hydrogen-bond acceptors (Lipinski definition) is 4. The van der Waals surface area contributed by atoms with E-state index in [-0.39, 0.29) is 24.6 Å². The summed E-state index contributed by atoms with van der Waals surface area (Å²) in [6.45, 7) is 2.79. The van der Waals surface area contributed by atoms with Crippen molar-refractivity contribution in [3.8, 4) is 5.75 Å². The van der Waals surface area contributed by atoms with Crippen molar-refractivity contribution in [2.75, 3.05) is 13.2 Å². The van der Waals surface area contributed by atoms with E-state index in [2.05, 4.69) is 0 Å². The van der Waals surface area contributed by atoms with E-state index in [1.165, 1.54) is 0 Å². The Morgan fingerprint density at radius 2 is 2.16 bits per heavy atom. The Labute approximate surface area is 112 Å². The third-order valence-electron chi connectivity index (χ3n) is 3.10. The molecule has 0 saturated heterocycles. The number of Topliss-reactive ketones (excluding diaryl/α,β-unsaturated/α-hetero) is 1. The molecule has 0 unspecified atom stereocenters. The molecule has 0 aromatic heterocycles. The lowest BCUT2D eigenvalue weighted by atomic mass is 10.0. The number of para-hydroxylation sites is 1. The summed E-state index contributed by atoms with van der Waals surface area (Å²) in [7, 11) is 0. The summed E-state index contributed by atoms with van der Waals surface area (Å²) in [5.41, 5.74) is 2.08. The highest BCUT2D eigenvalue weighted by molar-refractivity contribution is 5.85. The maximum Gasteiger partial charge on any atom is 0.306 e. The molecule has 4 nitrogen and oxygen atoms in total. The fraction of sp³-hybridized carbons (Fsp3) is 0.467. The van der Waals surface area contributed by atoms with Gasteiger partial charge < -0.3 is 9.47 Å². The van der Waals surface area contributed by atoms with Crippen molar-refractivity contribution >= 4 is 11.8 Å². The molecule has 1 aromatic carbocycles. The Kier molecular flexibility index (Phi) is 4.55. The van der Waals surface area contributed by atoms with Crippen molar-refractivity contribution in [3.63, 3.8) is 0 Å². The Morgan fingerprint density at radius 1 is 1.32 bits per heavy atom. The summed E-state index contributed by atoms with van der Waals surface area (Å²) >= 11 is 0. The van der Waals surface area contributed by atoms with E-state index in [4.69, 9.17) is 9.47 Å². The molecule has 19 heavy (non-hydrogen) atoms. The van der Waals surface area contributed by atoms with Crippen LogP contribution in [0.2, 0.25) is 0 Å². The number of carbonyl (C=O) groups is 2. The first-order chi connectivity index (χ1) is 9.20. The predicted molar refractivity (Wildman–Crippen MR) is 70.2 cm³/mol. The van der Waals surface area contributed by atoms with Gasteiger partial charge in [0.05, 0.1) is 19.6 Å². The Morgan fingerprint density at radius 3 is 2.95 bits per heavy atom. The van der Waals surface area contributed by atoms with Gasteiger partial charge in [0.15, 0.2) is 0 Å². The van der Waals surface area contributed by atoms with Gasteiger partial charge in [-0.25, -0.2) is 0 Å². The summed E-state index contributed by atoms with van der Waals surface area (Å²) < 4.78 is 10.4. The highest BCUT2D eigenvalue weighted by Crippen LogP contribution is 2.29. The first kappa shape index (κ1) is 13.6. The fourth-order valence-corrected chi connectivity index (χ4v) is 2.20. The summed E-state index contributed by atoms with van der Waals surface area (Å²) in [5.74, 6) is 0.578. The first-order valence-corrected chi connectivity index (χ1v) is 6.61. The summed E-state index contributed by atoms with van der Waals surface area (Å²) in [4.78, 5) is 23.0. The number of rotatable bonds is 6. The van der Waals surface area contributed by atoms with Crippen molar-refractivity contribution in [2.45, 2.75) is 32.6 Å². The van der Waals surface area contributed by atoms with Gasteiger partial charge in [0.1, 0.15) is 11.5 Å². The summed E-state index contributed by atoms with van der Waals surface area (Å²) in [6.07, 6.45) is 1.60. The predicted octanol–water partition coefficient (Wildman–Crippen LogP) is 2.08. The Balaban J connectivity index is 1.89. The van der Waals surface area contributed by atoms with Crippen LogP contribution in [0.3, 0.4) is 0 Å². The number of ketones is 1. The number of benzene rings is 1. The van der Waals surface area contributed by atoms with Gasteiger partial charge in [0, 0.05) is 24.8 Å². The second kappa shape index (κ2) is 6.36. The van der Waals surface area contributed by atoms with Gasteiger partial charge in [-0.05, 0) is 12.5 Å². The van der Waals surface area contributed by atoms with Crippen LogP contribution in [-0.4, -0.2) is 25.0 Å². The summed E-state index contributed by atoms with van der Waals surface area (Å²) in [6, 6.07) is 5.88. The molecule has 0 bridgehead atoms. The standard InChI is InChI=1S/C15H18O4/c1-2-18-14(17)7-6-13(16)10-12-5-3-4-11-8-9-19-15(11)12/h3-5H,2,6-10H2,1H3. The van der Waals surface area contributed by atoms with Crippen LogP contribution in [0.15, 0.2) is 18.2 Å². The van der Waals surface area contributed by atoms with E-state index < -0.39 is 0 Å². The van der Waals surface area contributed by atoms with E-state index >= 15 is 0 Å². The van der Waals surface area contributed by atoms with Crippen molar-refractivity contribution in [2.24, 2.45) is 0 Å². The molecule has 1 heterocycles. The molecule has 102 valence electrons. The van der Waals surface area contributed by atoms with E-state index in [1.54, 1.807) is 6.92 Å². The summed E-state index contributed by atoms with van der Waals surface area (Å²) in [5, 5.41) is 0. The van der Waals surface area contributed by atoms with Crippen molar-refractivity contribution in [3.05, 3.63) is 29.3 Å². The molecule has 0 fully saturated rings. The molecule has 1 aromatic rings. The zero-order valence-corrected chi connectivity index (χ0v) is 11.1. The molecule has 1 aliphatic heterocycles. The van der Waals surface area contributed by atoms with Crippen LogP contribution >= 0.6 is 0 Å². The molecule has 4 heteroatoms. The number of ether oxygens (including phenoxy) is 2. The molecule has 0 atom stereocenters. The van der Waals surface area contributed by atoms with Crippen molar-refractivity contribution in [1.29, 1.82) is 0 Å². The monoisotopic (exact) mass is 262 g/mol. The van der Waals surface area contributed by atoms with Crippen LogP contribution < -0.4 is 4.74 Å². The highest BCUT2D eigenvalue weighted by Gasteiger charge is 2.18. The SMILES string of the molecule is CCOC(=O)CCC(=O)Cc1cccc2c1OCC2. The van der Waals surface area contributed by atoms with Gasteiger partial charge in [-0.1, -0.05) is 18.2 Å². The van der Waals surface area contributed by atoms with Crippen molar-refractivity contribution in [1.82, 2.24) is 0 Å². The lowest BCUT2D eigenvalue weighted by Gasteiger charge is -2.07. The smallest absolute Gasteiger partial charge is 0.306 e. The van der Waals surface area contributed by atoms with E-state index in [0.717, 1.165) is 23.3 Å². The lowest BCUT2D eigenvalue weighted by Crippen LogP contribution is -2.09. The Hall–Kier alpha value is -1.84. The molecular formula is C15H18O4. The second-order valence-corrected chi connectivity index (χ2v) is 4.52. The minimum absolute atomic E-state index is 0.0388. The lowest BCUT2D eigenvalue weighted by molar-refractivity contribution is -0.144. The Bertz CT molecular complexity index is 479. The van der Waals surface area contributed by atoms with Gasteiger partial charge in [-0.3, -0.25) is 9.59 Å². The minimum Gasteiger partial charge on any atom is -0.493 e. The average molecular weight is 262 g/mol. The van der Waals surface area contributed by atoms with Gasteiger partial charge in [0.2, 0.25) is 0 Å². The van der Waals surface area contributed by atoms with E-state index in [0.29, 0.717) is 19.6 Å². The van der Waals surface area contributed by atoms with Crippen LogP contribution in [-0.2, 0) is 27.2 Å². The fourth-order valence-electron chi connectivity index (χ4n) is 2.20. The third-order valence-corrected chi connectivity index (χ3v) is 3.10.